The van der Waals surface area contributed by atoms with Crippen LogP contribution in [0.15, 0.2) is 60.2 Å². The van der Waals surface area contributed by atoms with Crippen LogP contribution in [0.5, 0.6) is 0 Å². The van der Waals surface area contributed by atoms with Gasteiger partial charge >= 0.3 is 10.1 Å². The molecule has 3 rings (SSSR count). The first-order valence-electron chi connectivity index (χ1n) is 8.90. The fraction of sp³-hybridized carbons (Fsp3) is 0.167. The Morgan fingerprint density at radius 1 is 1.31 bits per heavy atom. The van der Waals surface area contributed by atoms with Crippen LogP contribution in [0.3, 0.4) is 0 Å². The maximum Gasteiger partial charge on any atom is 0.313 e. The number of ketones is 1. The topological polar surface area (TPSA) is 95.7 Å². The molecule has 0 spiro atoms. The lowest BCUT2D eigenvalue weighted by Crippen LogP contribution is -2.16. The third kappa shape index (κ3) is 3.70. The second-order valence-electron chi connectivity index (χ2n) is 5.42. The van der Waals surface area contributed by atoms with Gasteiger partial charge in [-0.25, -0.2) is 4.39 Å². The lowest BCUT2D eigenvalue weighted by Gasteiger charge is -2.10. The Kier molecular flexibility index (Phi) is 3.74. The SMILES string of the molecule is [2H]C1(c2ccc(C)c(F)c2)OC(N)=C(OS(=O)(=O)C([2H])([2H])c2ccccc2)C1=O. The quantitative estimate of drug-likeness (QED) is 0.801. The van der Waals surface area contributed by atoms with E-state index >= 15 is 0 Å². The van der Waals surface area contributed by atoms with Crippen LogP contribution in [0.2, 0.25) is 0 Å². The summed E-state index contributed by atoms with van der Waals surface area (Å²) in [7, 11) is -5.07. The normalized spacial score (nSPS) is 22.4. The molecule has 1 aliphatic rings. The Labute approximate surface area is 154 Å². The molecule has 0 aromatic heterocycles. The highest BCUT2D eigenvalue weighted by atomic mass is 32.2. The molecule has 0 fully saturated rings. The lowest BCUT2D eigenvalue weighted by atomic mass is 10.0. The summed E-state index contributed by atoms with van der Waals surface area (Å²) < 4.78 is 72.7. The van der Waals surface area contributed by atoms with Crippen molar-refractivity contribution in [2.24, 2.45) is 5.73 Å². The van der Waals surface area contributed by atoms with Crippen molar-refractivity contribution in [2.45, 2.75) is 18.7 Å². The van der Waals surface area contributed by atoms with Gasteiger partial charge in [-0.1, -0.05) is 42.5 Å². The largest absolute Gasteiger partial charge is 0.460 e. The van der Waals surface area contributed by atoms with E-state index in [4.69, 9.17) is 14.6 Å². The van der Waals surface area contributed by atoms with Gasteiger partial charge in [-0.15, -0.1) is 0 Å². The fourth-order valence-corrected chi connectivity index (χ4v) is 3.05. The standard InChI is InChI=1S/C18H16FNO5S/c1-11-7-8-13(9-14(11)19)16-15(21)17(18(20)24-16)25-26(22,23)10-12-5-3-2-4-6-12/h2-9,16H,10,20H2,1H3/i10D2,16D. The molecule has 0 saturated carbocycles. The Morgan fingerprint density at radius 2 is 2.00 bits per heavy atom. The molecule has 0 aliphatic carbocycles. The molecule has 0 saturated heterocycles. The molecule has 136 valence electrons. The monoisotopic (exact) mass is 380 g/mol. The van der Waals surface area contributed by atoms with Crippen molar-refractivity contribution in [2.75, 3.05) is 0 Å². The molecule has 2 aromatic rings. The van der Waals surface area contributed by atoms with Crippen LogP contribution >= 0.6 is 0 Å². The predicted molar refractivity (Wildman–Crippen MR) is 91.3 cm³/mol. The van der Waals surface area contributed by atoms with Gasteiger partial charge in [-0.05, 0) is 24.1 Å². The summed E-state index contributed by atoms with van der Waals surface area (Å²) in [6.07, 6.45) is -2.57. The van der Waals surface area contributed by atoms with Gasteiger partial charge < -0.3 is 14.7 Å². The van der Waals surface area contributed by atoms with Gasteiger partial charge in [-0.2, -0.15) is 8.42 Å². The van der Waals surface area contributed by atoms with Gasteiger partial charge in [-0.3, -0.25) is 4.79 Å². The van der Waals surface area contributed by atoms with Crippen LogP contribution in [0, 0.1) is 12.7 Å². The van der Waals surface area contributed by atoms with Crippen molar-refractivity contribution in [3.8, 4) is 0 Å². The molecule has 1 aliphatic heterocycles. The minimum absolute atomic E-state index is 0.226. The second kappa shape index (κ2) is 6.80. The smallest absolute Gasteiger partial charge is 0.313 e. The first-order chi connectivity index (χ1) is 13.4. The number of rotatable bonds is 5. The summed E-state index contributed by atoms with van der Waals surface area (Å²) in [5, 5.41) is 0. The van der Waals surface area contributed by atoms with Crippen molar-refractivity contribution in [3.05, 3.63) is 82.7 Å². The van der Waals surface area contributed by atoms with Crippen molar-refractivity contribution < 1.29 is 30.6 Å². The highest BCUT2D eigenvalue weighted by molar-refractivity contribution is 7.86. The van der Waals surface area contributed by atoms with Gasteiger partial charge in [0.2, 0.25) is 17.4 Å². The zero-order valence-corrected chi connectivity index (χ0v) is 14.3. The summed E-state index contributed by atoms with van der Waals surface area (Å²) in [4.78, 5) is 12.7. The molecule has 1 heterocycles. The van der Waals surface area contributed by atoms with Crippen molar-refractivity contribution in [1.82, 2.24) is 0 Å². The number of nitrogens with two attached hydrogens (primary N) is 1. The molecule has 0 bridgehead atoms. The predicted octanol–water partition coefficient (Wildman–Crippen LogP) is 2.45. The number of ether oxygens (including phenoxy) is 1. The fourth-order valence-electron chi connectivity index (χ4n) is 2.20. The van der Waals surface area contributed by atoms with Gasteiger partial charge in [0.05, 0.1) is 4.11 Å². The Balaban J connectivity index is 1.95. The molecule has 26 heavy (non-hydrogen) atoms. The maximum absolute atomic E-state index is 13.9. The molecule has 0 radical (unpaired) electrons. The Bertz CT molecular complexity index is 1120. The van der Waals surface area contributed by atoms with Gasteiger partial charge in [0.15, 0.2) is 6.08 Å². The van der Waals surface area contributed by atoms with Gasteiger partial charge in [0.1, 0.15) is 11.5 Å². The summed E-state index contributed by atoms with van der Waals surface area (Å²) in [5.74, 6) is -3.86. The minimum Gasteiger partial charge on any atom is -0.460 e. The van der Waals surface area contributed by atoms with Gasteiger partial charge in [0.25, 0.3) is 0 Å². The van der Waals surface area contributed by atoms with Crippen molar-refractivity contribution >= 4 is 15.9 Å². The number of hydrogen-bond acceptors (Lipinski definition) is 6. The number of benzene rings is 2. The van der Waals surface area contributed by atoms with Crippen LogP contribution < -0.4 is 5.73 Å². The summed E-state index contributed by atoms with van der Waals surface area (Å²) in [6.45, 7) is 1.48. The molecule has 1 atom stereocenters. The summed E-state index contributed by atoms with van der Waals surface area (Å²) in [5.41, 5.74) is 2.33. The van der Waals surface area contributed by atoms with E-state index in [1.165, 1.54) is 43.3 Å². The number of carbonyl (C=O) groups excluding carboxylic acids is 1. The van der Waals surface area contributed by atoms with E-state index in [-0.39, 0.29) is 16.7 Å². The van der Waals surface area contributed by atoms with E-state index in [1.54, 1.807) is 6.07 Å². The average Bonchev–Trinajstić information content (AvgIpc) is 2.88. The first-order valence-corrected chi connectivity index (χ1v) is 8.81. The van der Waals surface area contributed by atoms with E-state index in [9.17, 15) is 17.6 Å². The van der Waals surface area contributed by atoms with Gasteiger partial charge in [0, 0.05) is 5.56 Å². The molecule has 2 aromatic carbocycles. The van der Waals surface area contributed by atoms with E-state index in [0.717, 1.165) is 6.07 Å². The molecule has 1 unspecified atom stereocenters. The van der Waals surface area contributed by atoms with Crippen LogP contribution in [0.4, 0.5) is 4.39 Å². The van der Waals surface area contributed by atoms with E-state index in [1.807, 2.05) is 0 Å². The summed E-state index contributed by atoms with van der Waals surface area (Å²) in [6, 6.07) is 10.4. The molecule has 6 nitrogen and oxygen atoms in total. The number of Topliss-reactive ketones (excluding diaryl/α,β-unsaturated/α-hetero) is 1. The second-order valence-corrected chi connectivity index (χ2v) is 6.70. The number of carbonyl (C=O) groups is 1. The molecule has 8 heteroatoms. The molecule has 0 amide bonds. The Morgan fingerprint density at radius 3 is 2.65 bits per heavy atom. The average molecular weight is 380 g/mol. The number of hydrogen-bond donors (Lipinski definition) is 1. The van der Waals surface area contributed by atoms with E-state index in [2.05, 4.69) is 4.18 Å². The van der Waals surface area contributed by atoms with Crippen LogP contribution in [0.25, 0.3) is 0 Å². The lowest BCUT2D eigenvalue weighted by molar-refractivity contribution is -0.123. The first kappa shape index (κ1) is 14.3. The van der Waals surface area contributed by atoms with Crippen LogP contribution in [0.1, 0.15) is 26.9 Å². The zero-order chi connectivity index (χ0) is 21.6. The zero-order valence-electron chi connectivity index (χ0n) is 16.5. The molecule has 2 N–H and O–H groups in total. The maximum atomic E-state index is 13.9. The highest BCUT2D eigenvalue weighted by Gasteiger charge is 2.39. The number of halogens is 1. The molecular weight excluding hydrogens is 361 g/mol. The number of aryl methyl sites for hydroxylation is 1. The third-order valence-corrected chi connectivity index (χ3v) is 4.36. The van der Waals surface area contributed by atoms with Crippen molar-refractivity contribution in [3.63, 3.8) is 0 Å². The Hall–Kier alpha value is -2.87. The molecular formula is C18H16FNO5S. The van der Waals surface area contributed by atoms with Crippen LogP contribution in [-0.4, -0.2) is 14.2 Å². The van der Waals surface area contributed by atoms with Crippen molar-refractivity contribution in [1.29, 1.82) is 0 Å². The van der Waals surface area contributed by atoms with E-state index in [0.29, 0.717) is 0 Å². The highest BCUT2D eigenvalue weighted by Crippen LogP contribution is 2.33. The summed E-state index contributed by atoms with van der Waals surface area (Å²) >= 11 is 0. The van der Waals surface area contributed by atoms with Crippen LogP contribution in [-0.2, 0) is 29.5 Å². The van der Waals surface area contributed by atoms with E-state index < -0.39 is 45.1 Å². The third-order valence-electron chi connectivity index (χ3n) is 3.49. The minimum atomic E-state index is -5.07.